The second-order valence-electron chi connectivity index (χ2n) is 5.46. The van der Waals surface area contributed by atoms with Gasteiger partial charge in [0.2, 0.25) is 10.0 Å². The molecule has 1 aliphatic heterocycles. The molecule has 1 atom stereocenters. The zero-order chi connectivity index (χ0) is 17.3. The van der Waals surface area contributed by atoms with Crippen molar-refractivity contribution in [3.8, 4) is 0 Å². The molecule has 3 rings (SSSR count). The van der Waals surface area contributed by atoms with Gasteiger partial charge in [-0.2, -0.15) is 4.31 Å². The summed E-state index contributed by atoms with van der Waals surface area (Å²) in [6.45, 7) is 2.03. The van der Waals surface area contributed by atoms with E-state index in [-0.39, 0.29) is 16.0 Å². The van der Waals surface area contributed by atoms with E-state index >= 15 is 0 Å². The van der Waals surface area contributed by atoms with Crippen molar-refractivity contribution in [1.82, 2.24) is 4.31 Å². The van der Waals surface area contributed by atoms with E-state index in [2.05, 4.69) is 0 Å². The number of hydrogen-bond acceptors (Lipinski definition) is 5. The molecule has 24 heavy (non-hydrogen) atoms. The monoisotopic (exact) mass is 364 g/mol. The Morgan fingerprint density at radius 2 is 1.92 bits per heavy atom. The molecule has 0 unspecified atom stereocenters. The molecule has 1 aliphatic rings. The lowest BCUT2D eigenvalue weighted by Crippen LogP contribution is -2.31. The SMILES string of the molecule is Cc1ccc([N+](=O)[O-])cc1S(=O)(=O)N1CCS[C@H]1c1ccccc1. The Labute approximate surface area is 144 Å². The first-order chi connectivity index (χ1) is 11.4. The molecule has 2 aromatic carbocycles. The average molecular weight is 364 g/mol. The van der Waals surface area contributed by atoms with Crippen LogP contribution in [-0.2, 0) is 10.0 Å². The Bertz CT molecular complexity index is 869. The predicted molar refractivity (Wildman–Crippen MR) is 93.4 cm³/mol. The summed E-state index contributed by atoms with van der Waals surface area (Å²) in [6, 6.07) is 13.4. The molecule has 2 aromatic rings. The smallest absolute Gasteiger partial charge is 0.258 e. The number of hydrogen-bond donors (Lipinski definition) is 0. The van der Waals surface area contributed by atoms with Gasteiger partial charge in [0.15, 0.2) is 0 Å². The standard InChI is InChI=1S/C16H16N2O4S2/c1-12-7-8-14(18(19)20)11-15(12)24(21,22)17-9-10-23-16(17)13-5-3-2-4-6-13/h2-8,11,16H,9-10H2,1H3/t16-/m0/s1. The fourth-order valence-corrected chi connectivity index (χ4v) is 6.18. The third kappa shape index (κ3) is 3.04. The third-order valence-corrected chi connectivity index (χ3v) is 7.30. The first kappa shape index (κ1) is 16.9. The molecule has 0 aliphatic carbocycles. The van der Waals surface area contributed by atoms with Gasteiger partial charge in [0.1, 0.15) is 0 Å². The van der Waals surface area contributed by atoms with Gasteiger partial charge in [-0.1, -0.05) is 36.4 Å². The van der Waals surface area contributed by atoms with Crippen molar-refractivity contribution < 1.29 is 13.3 Å². The maximum absolute atomic E-state index is 13.1. The van der Waals surface area contributed by atoms with E-state index in [4.69, 9.17) is 0 Å². The van der Waals surface area contributed by atoms with Gasteiger partial charge in [-0.25, -0.2) is 8.42 Å². The number of sulfonamides is 1. The van der Waals surface area contributed by atoms with Gasteiger partial charge in [-0.05, 0) is 18.1 Å². The first-order valence-corrected chi connectivity index (χ1v) is 9.83. The van der Waals surface area contributed by atoms with E-state index < -0.39 is 14.9 Å². The molecule has 126 valence electrons. The zero-order valence-corrected chi connectivity index (χ0v) is 14.6. The number of non-ortho nitro benzene ring substituents is 1. The third-order valence-electron chi connectivity index (χ3n) is 3.90. The van der Waals surface area contributed by atoms with Crippen LogP contribution in [0.3, 0.4) is 0 Å². The Morgan fingerprint density at radius 1 is 1.21 bits per heavy atom. The lowest BCUT2D eigenvalue weighted by Gasteiger charge is -2.24. The summed E-state index contributed by atoms with van der Waals surface area (Å²) >= 11 is 1.55. The molecule has 0 bridgehead atoms. The molecular formula is C16H16N2O4S2. The van der Waals surface area contributed by atoms with Crippen molar-refractivity contribution >= 4 is 27.5 Å². The number of nitrogens with zero attached hydrogens (tertiary/aromatic N) is 2. The van der Waals surface area contributed by atoms with Crippen molar-refractivity contribution in [1.29, 1.82) is 0 Å². The van der Waals surface area contributed by atoms with Crippen LogP contribution in [0.1, 0.15) is 16.5 Å². The quantitative estimate of drug-likeness (QED) is 0.614. The minimum Gasteiger partial charge on any atom is -0.258 e. The van der Waals surface area contributed by atoms with Crippen LogP contribution in [0.5, 0.6) is 0 Å². The minimum absolute atomic E-state index is 0.000121. The van der Waals surface area contributed by atoms with Gasteiger partial charge in [0.25, 0.3) is 5.69 Å². The molecule has 0 saturated carbocycles. The van der Waals surface area contributed by atoms with Crippen molar-refractivity contribution in [2.24, 2.45) is 0 Å². The molecule has 0 N–H and O–H groups in total. The predicted octanol–water partition coefficient (Wildman–Crippen LogP) is 3.34. The maximum Gasteiger partial charge on any atom is 0.270 e. The molecule has 1 saturated heterocycles. The number of rotatable bonds is 4. The second-order valence-corrected chi connectivity index (χ2v) is 8.50. The average Bonchev–Trinajstić information content (AvgIpc) is 3.06. The van der Waals surface area contributed by atoms with Crippen LogP contribution in [0.15, 0.2) is 53.4 Å². The summed E-state index contributed by atoms with van der Waals surface area (Å²) in [5, 5.41) is 10.7. The van der Waals surface area contributed by atoms with E-state index in [0.29, 0.717) is 17.9 Å². The highest BCUT2D eigenvalue weighted by Gasteiger charge is 2.38. The fourth-order valence-electron chi connectivity index (χ4n) is 2.69. The van der Waals surface area contributed by atoms with E-state index in [0.717, 1.165) is 11.6 Å². The summed E-state index contributed by atoms with van der Waals surface area (Å²) in [6.07, 6.45) is 0. The summed E-state index contributed by atoms with van der Waals surface area (Å²) in [5.74, 6) is 0.687. The molecule has 6 nitrogen and oxygen atoms in total. The van der Waals surface area contributed by atoms with Crippen LogP contribution >= 0.6 is 11.8 Å². The van der Waals surface area contributed by atoms with Crippen LogP contribution in [0.25, 0.3) is 0 Å². The molecule has 1 fully saturated rings. The van der Waals surface area contributed by atoms with Crippen molar-refractivity contribution in [3.63, 3.8) is 0 Å². The Morgan fingerprint density at radius 3 is 2.58 bits per heavy atom. The molecule has 0 amide bonds. The van der Waals surface area contributed by atoms with E-state index in [1.54, 1.807) is 18.7 Å². The number of nitro groups is 1. The minimum atomic E-state index is -3.81. The van der Waals surface area contributed by atoms with Crippen LogP contribution < -0.4 is 0 Å². The first-order valence-electron chi connectivity index (χ1n) is 7.34. The Hall–Kier alpha value is -1.90. The Kier molecular flexibility index (Phi) is 4.62. The highest BCUT2D eigenvalue weighted by Crippen LogP contribution is 2.42. The number of nitro benzene ring substituents is 1. The van der Waals surface area contributed by atoms with E-state index in [1.807, 2.05) is 30.3 Å². The lowest BCUT2D eigenvalue weighted by atomic mass is 10.2. The van der Waals surface area contributed by atoms with Crippen LogP contribution in [0.4, 0.5) is 5.69 Å². The topological polar surface area (TPSA) is 80.5 Å². The molecule has 0 radical (unpaired) electrons. The molecular weight excluding hydrogens is 348 g/mol. The fraction of sp³-hybridized carbons (Fsp3) is 0.250. The number of thioether (sulfide) groups is 1. The van der Waals surface area contributed by atoms with Crippen LogP contribution in [0, 0.1) is 17.0 Å². The van der Waals surface area contributed by atoms with E-state index in [9.17, 15) is 18.5 Å². The summed E-state index contributed by atoms with van der Waals surface area (Å²) in [5.41, 5.74) is 1.19. The zero-order valence-electron chi connectivity index (χ0n) is 13.0. The van der Waals surface area contributed by atoms with Crippen molar-refractivity contribution in [2.75, 3.05) is 12.3 Å². The Balaban J connectivity index is 2.04. The van der Waals surface area contributed by atoms with Crippen molar-refractivity contribution in [3.05, 3.63) is 69.8 Å². The number of aryl methyl sites for hydroxylation is 1. The molecule has 0 spiro atoms. The summed E-state index contributed by atoms with van der Waals surface area (Å²) in [4.78, 5) is 10.4. The normalized spacial score (nSPS) is 18.6. The summed E-state index contributed by atoms with van der Waals surface area (Å²) in [7, 11) is -3.81. The van der Waals surface area contributed by atoms with Gasteiger partial charge in [0.05, 0.1) is 15.2 Å². The van der Waals surface area contributed by atoms with Gasteiger partial charge in [-0.3, -0.25) is 10.1 Å². The molecule has 1 heterocycles. The number of benzene rings is 2. The van der Waals surface area contributed by atoms with Gasteiger partial charge in [0, 0.05) is 24.4 Å². The van der Waals surface area contributed by atoms with Gasteiger partial charge >= 0.3 is 0 Å². The van der Waals surface area contributed by atoms with Gasteiger partial charge in [-0.15, -0.1) is 11.8 Å². The summed E-state index contributed by atoms with van der Waals surface area (Å²) < 4.78 is 27.6. The van der Waals surface area contributed by atoms with Crippen LogP contribution in [-0.4, -0.2) is 29.9 Å². The van der Waals surface area contributed by atoms with E-state index in [1.165, 1.54) is 16.4 Å². The highest BCUT2D eigenvalue weighted by molar-refractivity contribution is 8.01. The maximum atomic E-state index is 13.1. The largest absolute Gasteiger partial charge is 0.270 e. The van der Waals surface area contributed by atoms with Gasteiger partial charge < -0.3 is 0 Å². The molecule has 8 heteroatoms. The second kappa shape index (κ2) is 6.54. The highest BCUT2D eigenvalue weighted by atomic mass is 32.2. The molecule has 0 aromatic heterocycles. The van der Waals surface area contributed by atoms with Crippen LogP contribution in [0.2, 0.25) is 0 Å². The van der Waals surface area contributed by atoms with Crippen molar-refractivity contribution in [2.45, 2.75) is 17.2 Å². The lowest BCUT2D eigenvalue weighted by molar-refractivity contribution is -0.385.